The summed E-state index contributed by atoms with van der Waals surface area (Å²) in [5, 5.41) is 7.66. The third-order valence-electron chi connectivity index (χ3n) is 2.62. The Balaban J connectivity index is 2.16. The lowest BCUT2D eigenvalue weighted by atomic mass is 10.1. The van der Waals surface area contributed by atoms with Gasteiger partial charge in [-0.15, -0.1) is 10.2 Å². The maximum absolute atomic E-state index is 13.1. The number of aromatic nitrogens is 3. The van der Waals surface area contributed by atoms with Crippen molar-refractivity contribution in [1.29, 1.82) is 0 Å². The number of hydrogen-bond donors (Lipinski definition) is 1. The fourth-order valence-electron chi connectivity index (χ4n) is 1.59. The molecule has 0 saturated heterocycles. The zero-order valence-electron chi connectivity index (χ0n) is 10.3. The monoisotopic (exact) mass is 250 g/mol. The van der Waals surface area contributed by atoms with Crippen molar-refractivity contribution >= 4 is 0 Å². The molecule has 1 unspecified atom stereocenters. The molecule has 1 aromatic heterocycles. The molecule has 1 heterocycles. The molecule has 0 fully saturated rings. The van der Waals surface area contributed by atoms with E-state index in [9.17, 15) is 4.39 Å². The normalized spacial score (nSPS) is 12.4. The van der Waals surface area contributed by atoms with Crippen molar-refractivity contribution in [2.24, 2.45) is 12.8 Å². The van der Waals surface area contributed by atoms with Gasteiger partial charge in [-0.05, 0) is 25.1 Å². The number of nitrogens with two attached hydrogens (primary N) is 1. The first-order chi connectivity index (χ1) is 8.58. The SMILES string of the molecule is CC(N)c1cc(F)ccc1OCc1nncn1C. The summed E-state index contributed by atoms with van der Waals surface area (Å²) in [5.74, 6) is 0.928. The molecule has 18 heavy (non-hydrogen) atoms. The molecule has 96 valence electrons. The molecular formula is C12H15FN4O. The van der Waals surface area contributed by atoms with Gasteiger partial charge in [-0.25, -0.2) is 4.39 Å². The third kappa shape index (κ3) is 2.65. The molecule has 0 saturated carbocycles. The van der Waals surface area contributed by atoms with Crippen LogP contribution < -0.4 is 10.5 Å². The molecule has 0 aliphatic heterocycles. The van der Waals surface area contributed by atoms with Gasteiger partial charge < -0.3 is 15.0 Å². The molecule has 0 amide bonds. The lowest BCUT2D eigenvalue weighted by Gasteiger charge is -2.13. The van der Waals surface area contributed by atoms with Crippen molar-refractivity contribution in [3.05, 3.63) is 41.7 Å². The first kappa shape index (κ1) is 12.5. The van der Waals surface area contributed by atoms with Crippen molar-refractivity contribution in [2.45, 2.75) is 19.6 Å². The second-order valence-corrected chi connectivity index (χ2v) is 4.12. The predicted molar refractivity (Wildman–Crippen MR) is 64.3 cm³/mol. The lowest BCUT2D eigenvalue weighted by Crippen LogP contribution is -2.10. The Hall–Kier alpha value is -1.95. The summed E-state index contributed by atoms with van der Waals surface area (Å²) in [6.45, 7) is 2.05. The Morgan fingerprint density at radius 3 is 2.89 bits per heavy atom. The van der Waals surface area contributed by atoms with E-state index in [4.69, 9.17) is 10.5 Å². The average Bonchev–Trinajstić information content (AvgIpc) is 2.73. The summed E-state index contributed by atoms with van der Waals surface area (Å²) in [6.07, 6.45) is 1.59. The van der Waals surface area contributed by atoms with Gasteiger partial charge in [0.1, 0.15) is 24.5 Å². The summed E-state index contributed by atoms with van der Waals surface area (Å²) in [5.41, 5.74) is 6.42. The highest BCUT2D eigenvalue weighted by Crippen LogP contribution is 2.25. The van der Waals surface area contributed by atoms with Gasteiger partial charge >= 0.3 is 0 Å². The minimum Gasteiger partial charge on any atom is -0.485 e. The zero-order chi connectivity index (χ0) is 13.1. The van der Waals surface area contributed by atoms with Crippen LogP contribution in [0.4, 0.5) is 4.39 Å². The first-order valence-electron chi connectivity index (χ1n) is 5.58. The fraction of sp³-hybridized carbons (Fsp3) is 0.333. The molecule has 2 N–H and O–H groups in total. The number of ether oxygens (including phenoxy) is 1. The molecule has 5 nitrogen and oxygen atoms in total. The highest BCUT2D eigenvalue weighted by atomic mass is 19.1. The molecular weight excluding hydrogens is 235 g/mol. The molecule has 0 aliphatic rings. The fourth-order valence-corrected chi connectivity index (χ4v) is 1.59. The van der Waals surface area contributed by atoms with Gasteiger partial charge in [0.05, 0.1) is 0 Å². The van der Waals surface area contributed by atoms with E-state index in [1.807, 2.05) is 7.05 Å². The molecule has 0 aliphatic carbocycles. The number of aryl methyl sites for hydroxylation is 1. The van der Waals surface area contributed by atoms with Crippen molar-refractivity contribution < 1.29 is 9.13 Å². The lowest BCUT2D eigenvalue weighted by molar-refractivity contribution is 0.286. The minimum absolute atomic E-state index is 0.266. The van der Waals surface area contributed by atoms with Crippen LogP contribution in [0.1, 0.15) is 24.4 Å². The molecule has 0 spiro atoms. The Kier molecular flexibility index (Phi) is 3.57. The van der Waals surface area contributed by atoms with Crippen LogP contribution in [0.15, 0.2) is 24.5 Å². The molecule has 2 rings (SSSR count). The Labute approximate surface area is 104 Å². The second-order valence-electron chi connectivity index (χ2n) is 4.12. The minimum atomic E-state index is -0.326. The van der Waals surface area contributed by atoms with Crippen LogP contribution in [0, 0.1) is 5.82 Å². The maximum Gasteiger partial charge on any atom is 0.170 e. The van der Waals surface area contributed by atoms with Crippen molar-refractivity contribution in [3.8, 4) is 5.75 Å². The van der Waals surface area contributed by atoms with Gasteiger partial charge in [0.25, 0.3) is 0 Å². The molecule has 1 aromatic carbocycles. The van der Waals surface area contributed by atoms with E-state index in [0.29, 0.717) is 17.1 Å². The Bertz CT molecular complexity index is 539. The predicted octanol–water partition coefficient (Wildman–Crippen LogP) is 1.55. The van der Waals surface area contributed by atoms with E-state index in [1.54, 1.807) is 23.9 Å². The summed E-state index contributed by atoms with van der Waals surface area (Å²) < 4.78 is 20.5. The highest BCUT2D eigenvalue weighted by molar-refractivity contribution is 5.36. The van der Waals surface area contributed by atoms with Crippen molar-refractivity contribution in [1.82, 2.24) is 14.8 Å². The quantitative estimate of drug-likeness (QED) is 0.894. The van der Waals surface area contributed by atoms with Gasteiger partial charge in [-0.3, -0.25) is 0 Å². The molecule has 0 bridgehead atoms. The van der Waals surface area contributed by atoms with Gasteiger partial charge in [0.2, 0.25) is 0 Å². The van der Waals surface area contributed by atoms with Crippen molar-refractivity contribution in [2.75, 3.05) is 0 Å². The van der Waals surface area contributed by atoms with E-state index >= 15 is 0 Å². The highest BCUT2D eigenvalue weighted by Gasteiger charge is 2.11. The number of halogens is 1. The standard InChI is InChI=1S/C12H15FN4O/c1-8(14)10-5-9(13)3-4-11(10)18-6-12-16-15-7-17(12)2/h3-5,7-8H,6,14H2,1-2H3. The van der Waals surface area contributed by atoms with Gasteiger partial charge in [-0.1, -0.05) is 0 Å². The van der Waals surface area contributed by atoms with Crippen LogP contribution in [0.3, 0.4) is 0 Å². The largest absolute Gasteiger partial charge is 0.485 e. The summed E-state index contributed by atoms with van der Waals surface area (Å²) in [6, 6.07) is 4.01. The summed E-state index contributed by atoms with van der Waals surface area (Å²) in [7, 11) is 1.83. The third-order valence-corrected chi connectivity index (χ3v) is 2.62. The smallest absolute Gasteiger partial charge is 0.170 e. The van der Waals surface area contributed by atoms with Crippen LogP contribution in [0.5, 0.6) is 5.75 Å². The van der Waals surface area contributed by atoms with Crippen molar-refractivity contribution in [3.63, 3.8) is 0 Å². The van der Waals surface area contributed by atoms with E-state index in [0.717, 1.165) is 0 Å². The van der Waals surface area contributed by atoms with Gasteiger partial charge in [0.15, 0.2) is 5.82 Å². The maximum atomic E-state index is 13.1. The topological polar surface area (TPSA) is 66.0 Å². The average molecular weight is 250 g/mol. The van der Waals surface area contributed by atoms with E-state index in [2.05, 4.69) is 10.2 Å². The molecule has 6 heteroatoms. The van der Waals surface area contributed by atoms with Gasteiger partial charge in [-0.2, -0.15) is 0 Å². The number of nitrogens with zero attached hydrogens (tertiary/aromatic N) is 3. The van der Waals surface area contributed by atoms with Crippen LogP contribution >= 0.6 is 0 Å². The van der Waals surface area contributed by atoms with E-state index < -0.39 is 0 Å². The Morgan fingerprint density at radius 1 is 1.50 bits per heavy atom. The molecule has 0 radical (unpaired) electrons. The number of benzene rings is 1. The second kappa shape index (κ2) is 5.14. The number of hydrogen-bond acceptors (Lipinski definition) is 4. The Morgan fingerprint density at radius 2 is 2.28 bits per heavy atom. The number of rotatable bonds is 4. The molecule has 2 aromatic rings. The zero-order valence-corrected chi connectivity index (χ0v) is 10.3. The summed E-state index contributed by atoms with van der Waals surface area (Å²) in [4.78, 5) is 0. The van der Waals surface area contributed by atoms with E-state index in [-0.39, 0.29) is 18.5 Å². The molecule has 1 atom stereocenters. The van der Waals surface area contributed by atoms with Crippen LogP contribution in [0.2, 0.25) is 0 Å². The van der Waals surface area contributed by atoms with Crippen LogP contribution in [-0.2, 0) is 13.7 Å². The van der Waals surface area contributed by atoms with Gasteiger partial charge in [0, 0.05) is 18.7 Å². The van der Waals surface area contributed by atoms with E-state index in [1.165, 1.54) is 12.1 Å². The van der Waals surface area contributed by atoms with Crippen LogP contribution in [-0.4, -0.2) is 14.8 Å². The first-order valence-corrected chi connectivity index (χ1v) is 5.58. The summed E-state index contributed by atoms with van der Waals surface area (Å²) >= 11 is 0. The van der Waals surface area contributed by atoms with Crippen LogP contribution in [0.25, 0.3) is 0 Å².